The van der Waals surface area contributed by atoms with Crippen LogP contribution >= 0.6 is 0 Å². The molecule has 0 aliphatic heterocycles. The van der Waals surface area contributed by atoms with Crippen molar-refractivity contribution in [2.24, 2.45) is 0 Å². The summed E-state index contributed by atoms with van der Waals surface area (Å²) in [5, 5.41) is 2.58. The average molecular weight is 369 g/mol. The first kappa shape index (κ1) is 20.0. The van der Waals surface area contributed by atoms with Crippen LogP contribution in [0.5, 0.6) is 5.75 Å². The van der Waals surface area contributed by atoms with Gasteiger partial charge in [-0.15, -0.1) is 0 Å². The van der Waals surface area contributed by atoms with E-state index in [-0.39, 0.29) is 12.5 Å². The van der Waals surface area contributed by atoms with Crippen LogP contribution in [0.1, 0.15) is 28.4 Å². The highest BCUT2D eigenvalue weighted by Crippen LogP contribution is 2.11. The van der Waals surface area contributed by atoms with Gasteiger partial charge in [-0.05, 0) is 50.6 Å². The molecule has 2 aromatic carbocycles. The Morgan fingerprint density at radius 2 is 1.63 bits per heavy atom. The van der Waals surface area contributed by atoms with Crippen molar-refractivity contribution in [1.29, 1.82) is 0 Å². The van der Waals surface area contributed by atoms with Gasteiger partial charge in [0, 0.05) is 5.56 Å². The Kier molecular flexibility index (Phi) is 6.93. The van der Waals surface area contributed by atoms with Gasteiger partial charge in [0.1, 0.15) is 11.8 Å². The number of benzene rings is 2. The van der Waals surface area contributed by atoms with E-state index in [1.807, 2.05) is 32.0 Å². The molecule has 0 aromatic heterocycles. The maximum absolute atomic E-state index is 12.1. The van der Waals surface area contributed by atoms with Crippen LogP contribution in [0.15, 0.2) is 48.5 Å². The Hall–Kier alpha value is -3.35. The second-order valence-electron chi connectivity index (χ2n) is 6.21. The maximum atomic E-state index is 12.1. The van der Waals surface area contributed by atoms with Crippen molar-refractivity contribution in [3.05, 3.63) is 65.2 Å². The molecular weight excluding hydrogens is 346 g/mol. The molecule has 2 rings (SSSR count). The molecule has 3 amide bonds. The lowest BCUT2D eigenvalue weighted by Crippen LogP contribution is -2.51. The van der Waals surface area contributed by atoms with Crippen LogP contribution in [-0.2, 0) is 9.59 Å². The highest BCUT2D eigenvalue weighted by atomic mass is 16.5. The van der Waals surface area contributed by atoms with Crippen molar-refractivity contribution in [3.63, 3.8) is 0 Å². The first-order valence-electron chi connectivity index (χ1n) is 8.51. The zero-order valence-corrected chi connectivity index (χ0v) is 15.5. The van der Waals surface area contributed by atoms with Gasteiger partial charge in [-0.2, -0.15) is 0 Å². The molecule has 0 unspecified atom stereocenters. The number of hydrazine groups is 1. The van der Waals surface area contributed by atoms with E-state index < -0.39 is 17.9 Å². The summed E-state index contributed by atoms with van der Waals surface area (Å²) in [7, 11) is 0. The summed E-state index contributed by atoms with van der Waals surface area (Å²) < 4.78 is 5.34. The van der Waals surface area contributed by atoms with Crippen LogP contribution in [0.3, 0.4) is 0 Å². The van der Waals surface area contributed by atoms with Crippen LogP contribution in [0.2, 0.25) is 0 Å². The van der Waals surface area contributed by atoms with E-state index in [9.17, 15) is 14.4 Å². The van der Waals surface area contributed by atoms with Gasteiger partial charge < -0.3 is 10.1 Å². The SMILES string of the molecule is Cc1cccc(OCC(=O)NNC(=O)[C@H](C)NC(=O)c2cccc(C)c2)c1. The smallest absolute Gasteiger partial charge is 0.276 e. The largest absolute Gasteiger partial charge is 0.484 e. The van der Waals surface area contributed by atoms with Crippen LogP contribution < -0.4 is 20.9 Å². The van der Waals surface area contributed by atoms with Gasteiger partial charge in [0.25, 0.3) is 17.7 Å². The van der Waals surface area contributed by atoms with E-state index in [4.69, 9.17) is 4.74 Å². The Labute approximate surface area is 158 Å². The van der Waals surface area contributed by atoms with E-state index in [0.29, 0.717) is 11.3 Å². The highest BCUT2D eigenvalue weighted by molar-refractivity contribution is 5.97. The maximum Gasteiger partial charge on any atom is 0.276 e. The number of aryl methyl sites for hydroxylation is 2. The predicted molar refractivity (Wildman–Crippen MR) is 101 cm³/mol. The molecule has 0 saturated heterocycles. The van der Waals surface area contributed by atoms with Crippen LogP contribution in [0.25, 0.3) is 0 Å². The summed E-state index contributed by atoms with van der Waals surface area (Å²) in [6.45, 7) is 5.08. The number of carbonyl (C=O) groups excluding carboxylic acids is 3. The molecule has 7 heteroatoms. The normalized spacial score (nSPS) is 11.2. The summed E-state index contributed by atoms with van der Waals surface area (Å²) in [6, 6.07) is 13.5. The zero-order valence-electron chi connectivity index (χ0n) is 15.5. The summed E-state index contributed by atoms with van der Waals surface area (Å²) in [5.41, 5.74) is 6.94. The average Bonchev–Trinajstić information content (AvgIpc) is 2.64. The standard InChI is InChI=1S/C20H23N3O4/c1-13-6-4-8-16(10-13)20(26)21-15(3)19(25)23-22-18(24)12-27-17-9-5-7-14(2)11-17/h4-11,15H,12H2,1-3H3,(H,21,26)(H,22,24)(H,23,25)/t15-/m0/s1. The second-order valence-corrected chi connectivity index (χ2v) is 6.21. The lowest BCUT2D eigenvalue weighted by atomic mass is 10.1. The minimum Gasteiger partial charge on any atom is -0.484 e. The third kappa shape index (κ3) is 6.47. The predicted octanol–water partition coefficient (Wildman–Crippen LogP) is 1.65. The van der Waals surface area contributed by atoms with Gasteiger partial charge in [-0.3, -0.25) is 25.2 Å². The molecule has 0 aliphatic carbocycles. The van der Waals surface area contributed by atoms with Gasteiger partial charge in [0.05, 0.1) is 0 Å². The van der Waals surface area contributed by atoms with Crippen LogP contribution in [0.4, 0.5) is 0 Å². The fraction of sp³-hybridized carbons (Fsp3) is 0.250. The molecule has 27 heavy (non-hydrogen) atoms. The summed E-state index contributed by atoms with van der Waals surface area (Å²) in [4.78, 5) is 35.9. The number of hydrogen-bond donors (Lipinski definition) is 3. The number of ether oxygens (including phenoxy) is 1. The van der Waals surface area contributed by atoms with E-state index >= 15 is 0 Å². The minimum atomic E-state index is -0.823. The highest BCUT2D eigenvalue weighted by Gasteiger charge is 2.17. The van der Waals surface area contributed by atoms with Crippen LogP contribution in [0, 0.1) is 13.8 Å². The second kappa shape index (κ2) is 9.38. The molecule has 142 valence electrons. The van der Waals surface area contributed by atoms with Gasteiger partial charge in [0.15, 0.2) is 6.61 Å². The van der Waals surface area contributed by atoms with Gasteiger partial charge in [-0.25, -0.2) is 0 Å². The van der Waals surface area contributed by atoms with Gasteiger partial charge in [-0.1, -0.05) is 29.8 Å². The molecule has 0 spiro atoms. The lowest BCUT2D eigenvalue weighted by molar-refractivity contribution is -0.130. The Morgan fingerprint density at radius 1 is 0.963 bits per heavy atom. The number of amides is 3. The lowest BCUT2D eigenvalue weighted by Gasteiger charge is -2.15. The third-order valence-electron chi connectivity index (χ3n) is 3.71. The molecule has 3 N–H and O–H groups in total. The third-order valence-corrected chi connectivity index (χ3v) is 3.71. The molecular formula is C20H23N3O4. The zero-order chi connectivity index (χ0) is 19.8. The van der Waals surface area contributed by atoms with Crippen molar-refractivity contribution in [2.45, 2.75) is 26.8 Å². The molecule has 0 saturated carbocycles. The van der Waals surface area contributed by atoms with Crippen molar-refractivity contribution >= 4 is 17.7 Å². The molecule has 1 atom stereocenters. The number of rotatable bonds is 6. The van der Waals surface area contributed by atoms with Crippen molar-refractivity contribution in [3.8, 4) is 5.75 Å². The van der Waals surface area contributed by atoms with E-state index in [0.717, 1.165) is 11.1 Å². The van der Waals surface area contributed by atoms with Crippen molar-refractivity contribution in [1.82, 2.24) is 16.2 Å². The molecule has 2 aromatic rings. The van der Waals surface area contributed by atoms with E-state index in [1.165, 1.54) is 6.92 Å². The van der Waals surface area contributed by atoms with Crippen LogP contribution in [-0.4, -0.2) is 30.4 Å². The summed E-state index contributed by atoms with van der Waals surface area (Å²) >= 11 is 0. The molecule has 0 fully saturated rings. The fourth-order valence-corrected chi connectivity index (χ4v) is 2.26. The number of hydrogen-bond acceptors (Lipinski definition) is 4. The summed E-state index contributed by atoms with van der Waals surface area (Å²) in [5.74, 6) is -0.854. The first-order valence-corrected chi connectivity index (χ1v) is 8.51. The van der Waals surface area contributed by atoms with E-state index in [1.54, 1.807) is 30.3 Å². The molecule has 0 bridgehead atoms. The van der Waals surface area contributed by atoms with Crippen molar-refractivity contribution in [2.75, 3.05) is 6.61 Å². The number of carbonyl (C=O) groups is 3. The topological polar surface area (TPSA) is 96.5 Å². The Morgan fingerprint density at radius 3 is 2.30 bits per heavy atom. The van der Waals surface area contributed by atoms with E-state index in [2.05, 4.69) is 16.2 Å². The number of nitrogens with one attached hydrogen (secondary N) is 3. The minimum absolute atomic E-state index is 0.242. The summed E-state index contributed by atoms with van der Waals surface area (Å²) in [6.07, 6.45) is 0. The monoisotopic (exact) mass is 369 g/mol. The Bertz CT molecular complexity index is 835. The molecule has 0 radical (unpaired) electrons. The molecule has 7 nitrogen and oxygen atoms in total. The first-order chi connectivity index (χ1) is 12.8. The van der Waals surface area contributed by atoms with Gasteiger partial charge >= 0.3 is 0 Å². The Balaban J connectivity index is 1.75. The fourth-order valence-electron chi connectivity index (χ4n) is 2.26. The van der Waals surface area contributed by atoms with Crippen molar-refractivity contribution < 1.29 is 19.1 Å². The quantitative estimate of drug-likeness (QED) is 0.675. The molecule has 0 heterocycles. The molecule has 0 aliphatic rings. The van der Waals surface area contributed by atoms with Gasteiger partial charge in [0.2, 0.25) is 0 Å².